The lowest BCUT2D eigenvalue weighted by atomic mass is 10.1. The Labute approximate surface area is 96.9 Å². The van der Waals surface area contributed by atoms with Gasteiger partial charge in [0.25, 0.3) is 5.91 Å². The lowest BCUT2D eigenvalue weighted by Gasteiger charge is -2.11. The molecule has 1 aromatic rings. The highest BCUT2D eigenvalue weighted by Gasteiger charge is 2.19. The fourth-order valence-electron chi connectivity index (χ4n) is 1.21. The first kappa shape index (κ1) is 13.1. The van der Waals surface area contributed by atoms with Gasteiger partial charge in [-0.1, -0.05) is 0 Å². The molecule has 0 spiro atoms. The summed E-state index contributed by atoms with van der Waals surface area (Å²) >= 11 is 0. The van der Waals surface area contributed by atoms with Crippen LogP contribution in [0, 0.1) is 12.7 Å². The van der Waals surface area contributed by atoms with Crippen LogP contribution in [0.3, 0.4) is 0 Å². The van der Waals surface area contributed by atoms with E-state index in [2.05, 4.69) is 5.32 Å². The van der Waals surface area contributed by atoms with Gasteiger partial charge in [0.05, 0.1) is 6.61 Å². The summed E-state index contributed by atoms with van der Waals surface area (Å²) in [6.07, 6.45) is 0. The molecule has 0 unspecified atom stereocenters. The summed E-state index contributed by atoms with van der Waals surface area (Å²) in [6.45, 7) is 0.786. The molecule has 0 heterocycles. The molecule has 92 valence electrons. The molecular formula is C11H12FNO4. The summed E-state index contributed by atoms with van der Waals surface area (Å²) in [4.78, 5) is 22.2. The number of carbonyl (C=O) groups is 2. The summed E-state index contributed by atoms with van der Waals surface area (Å²) in [5, 5.41) is 19.5. The van der Waals surface area contributed by atoms with E-state index in [0.717, 1.165) is 6.07 Å². The number of benzene rings is 1. The van der Waals surface area contributed by atoms with Crippen LogP contribution in [0.25, 0.3) is 0 Å². The minimum absolute atomic E-state index is 0.142. The predicted molar refractivity (Wildman–Crippen MR) is 57.1 cm³/mol. The van der Waals surface area contributed by atoms with E-state index < -0.39 is 30.3 Å². The summed E-state index contributed by atoms with van der Waals surface area (Å²) in [5.74, 6) is -2.45. The molecule has 1 amide bonds. The molecule has 1 atom stereocenters. The van der Waals surface area contributed by atoms with Gasteiger partial charge in [0.15, 0.2) is 6.04 Å². The van der Waals surface area contributed by atoms with Gasteiger partial charge in [0, 0.05) is 5.56 Å². The Morgan fingerprint density at radius 1 is 1.47 bits per heavy atom. The van der Waals surface area contributed by atoms with Crippen molar-refractivity contribution in [1.82, 2.24) is 5.32 Å². The van der Waals surface area contributed by atoms with Gasteiger partial charge in [-0.15, -0.1) is 0 Å². The third kappa shape index (κ3) is 3.25. The van der Waals surface area contributed by atoms with E-state index in [1.807, 2.05) is 0 Å². The summed E-state index contributed by atoms with van der Waals surface area (Å²) in [7, 11) is 0. The SMILES string of the molecule is Cc1cc(C(=O)N[C@H](CO)C(=O)O)ccc1F. The molecule has 6 heteroatoms. The fourth-order valence-corrected chi connectivity index (χ4v) is 1.21. The van der Waals surface area contributed by atoms with Crippen molar-refractivity contribution in [2.75, 3.05) is 6.61 Å². The van der Waals surface area contributed by atoms with Crippen molar-refractivity contribution in [2.24, 2.45) is 0 Å². The Morgan fingerprint density at radius 3 is 2.59 bits per heavy atom. The molecule has 0 radical (unpaired) electrons. The summed E-state index contributed by atoms with van der Waals surface area (Å²) in [6, 6.07) is 2.31. The third-order valence-corrected chi connectivity index (χ3v) is 2.21. The molecule has 3 N–H and O–H groups in total. The van der Waals surface area contributed by atoms with Gasteiger partial charge in [-0.2, -0.15) is 0 Å². The smallest absolute Gasteiger partial charge is 0.328 e. The number of carboxylic acids is 1. The highest BCUT2D eigenvalue weighted by molar-refractivity contribution is 5.96. The van der Waals surface area contributed by atoms with Gasteiger partial charge in [-0.25, -0.2) is 9.18 Å². The van der Waals surface area contributed by atoms with Gasteiger partial charge in [-0.3, -0.25) is 4.79 Å². The van der Waals surface area contributed by atoms with Gasteiger partial charge in [0.1, 0.15) is 5.82 Å². The molecule has 0 bridgehead atoms. The number of aliphatic hydroxyl groups excluding tert-OH is 1. The van der Waals surface area contributed by atoms with E-state index in [1.54, 1.807) is 0 Å². The lowest BCUT2D eigenvalue weighted by molar-refractivity contribution is -0.140. The van der Waals surface area contributed by atoms with Crippen molar-refractivity contribution in [3.05, 3.63) is 35.1 Å². The van der Waals surface area contributed by atoms with Crippen molar-refractivity contribution in [3.63, 3.8) is 0 Å². The van der Waals surface area contributed by atoms with Crippen LogP contribution in [0.2, 0.25) is 0 Å². The quantitative estimate of drug-likeness (QED) is 0.708. The normalized spacial score (nSPS) is 11.9. The van der Waals surface area contributed by atoms with Gasteiger partial charge in [-0.05, 0) is 30.7 Å². The highest BCUT2D eigenvalue weighted by Crippen LogP contribution is 2.09. The van der Waals surface area contributed by atoms with Crippen LogP contribution in [0.5, 0.6) is 0 Å². The number of carbonyl (C=O) groups excluding carboxylic acids is 1. The first-order valence-electron chi connectivity index (χ1n) is 4.86. The van der Waals surface area contributed by atoms with Gasteiger partial charge in [0.2, 0.25) is 0 Å². The Bertz CT molecular complexity index is 447. The van der Waals surface area contributed by atoms with E-state index in [1.165, 1.54) is 19.1 Å². The molecule has 0 aromatic heterocycles. The van der Waals surface area contributed by atoms with Crippen molar-refractivity contribution < 1.29 is 24.2 Å². The zero-order valence-electron chi connectivity index (χ0n) is 9.11. The molecule has 0 aliphatic rings. The number of aliphatic carboxylic acids is 1. The molecule has 0 aliphatic heterocycles. The zero-order chi connectivity index (χ0) is 13.0. The lowest BCUT2D eigenvalue weighted by Crippen LogP contribution is -2.43. The number of rotatable bonds is 4. The minimum Gasteiger partial charge on any atom is -0.480 e. The van der Waals surface area contributed by atoms with Crippen molar-refractivity contribution in [2.45, 2.75) is 13.0 Å². The van der Waals surface area contributed by atoms with E-state index in [9.17, 15) is 14.0 Å². The number of hydrogen-bond acceptors (Lipinski definition) is 3. The summed E-state index contributed by atoms with van der Waals surface area (Å²) in [5.41, 5.74) is 0.428. The minimum atomic E-state index is -1.37. The first-order valence-corrected chi connectivity index (χ1v) is 4.86. The van der Waals surface area contributed by atoms with E-state index >= 15 is 0 Å². The number of aryl methyl sites for hydroxylation is 1. The van der Waals surface area contributed by atoms with E-state index in [0.29, 0.717) is 0 Å². The molecule has 0 saturated heterocycles. The number of aliphatic hydroxyl groups is 1. The predicted octanol–water partition coefficient (Wildman–Crippen LogP) is 0.309. The molecular weight excluding hydrogens is 229 g/mol. The molecule has 17 heavy (non-hydrogen) atoms. The molecule has 1 rings (SSSR count). The highest BCUT2D eigenvalue weighted by atomic mass is 19.1. The monoisotopic (exact) mass is 241 g/mol. The van der Waals surface area contributed by atoms with Crippen LogP contribution >= 0.6 is 0 Å². The molecule has 1 aromatic carbocycles. The average molecular weight is 241 g/mol. The number of amides is 1. The third-order valence-electron chi connectivity index (χ3n) is 2.21. The number of nitrogens with one attached hydrogen (secondary N) is 1. The van der Waals surface area contributed by atoms with Crippen molar-refractivity contribution in [3.8, 4) is 0 Å². The standard InChI is InChI=1S/C11H12FNO4/c1-6-4-7(2-3-8(6)12)10(15)13-9(5-14)11(16)17/h2-4,9,14H,5H2,1H3,(H,13,15)(H,16,17)/t9-/m1/s1. The van der Waals surface area contributed by atoms with Crippen LogP contribution < -0.4 is 5.32 Å². The Morgan fingerprint density at radius 2 is 2.12 bits per heavy atom. The Hall–Kier alpha value is -1.95. The average Bonchev–Trinajstić information content (AvgIpc) is 2.28. The van der Waals surface area contributed by atoms with Crippen molar-refractivity contribution in [1.29, 1.82) is 0 Å². The maximum Gasteiger partial charge on any atom is 0.328 e. The van der Waals surface area contributed by atoms with Gasteiger partial charge >= 0.3 is 5.97 Å². The topological polar surface area (TPSA) is 86.6 Å². The molecule has 0 fully saturated rings. The number of hydrogen-bond donors (Lipinski definition) is 3. The molecule has 5 nitrogen and oxygen atoms in total. The maximum atomic E-state index is 13.0. The van der Waals surface area contributed by atoms with Crippen LogP contribution in [0.15, 0.2) is 18.2 Å². The second-order valence-corrected chi connectivity index (χ2v) is 3.51. The Kier molecular flexibility index (Phi) is 4.17. The van der Waals surface area contributed by atoms with Crippen LogP contribution in [-0.2, 0) is 4.79 Å². The molecule has 0 aliphatic carbocycles. The fraction of sp³-hybridized carbons (Fsp3) is 0.273. The van der Waals surface area contributed by atoms with Crippen LogP contribution in [0.1, 0.15) is 15.9 Å². The number of halogens is 1. The Balaban J connectivity index is 2.82. The number of carboxylic acid groups (broad SMARTS) is 1. The summed E-state index contributed by atoms with van der Waals surface area (Å²) < 4.78 is 13.0. The van der Waals surface area contributed by atoms with Crippen LogP contribution in [0.4, 0.5) is 4.39 Å². The van der Waals surface area contributed by atoms with Gasteiger partial charge < -0.3 is 15.5 Å². The second-order valence-electron chi connectivity index (χ2n) is 3.51. The maximum absolute atomic E-state index is 13.0. The van der Waals surface area contributed by atoms with Crippen molar-refractivity contribution >= 4 is 11.9 Å². The van der Waals surface area contributed by atoms with E-state index in [-0.39, 0.29) is 11.1 Å². The molecule has 0 saturated carbocycles. The van der Waals surface area contributed by atoms with Crippen LogP contribution in [-0.4, -0.2) is 34.7 Å². The largest absolute Gasteiger partial charge is 0.480 e. The second kappa shape index (κ2) is 5.40. The first-order chi connectivity index (χ1) is 7.95. The zero-order valence-corrected chi connectivity index (χ0v) is 9.11. The van der Waals surface area contributed by atoms with E-state index in [4.69, 9.17) is 10.2 Å².